The van der Waals surface area contributed by atoms with Crippen molar-refractivity contribution in [3.05, 3.63) is 0 Å². The van der Waals surface area contributed by atoms with E-state index < -0.39 is 0 Å². The Morgan fingerprint density at radius 1 is 1.33 bits per heavy atom. The molecule has 0 spiro atoms. The average molecular weight is 168 g/mol. The highest BCUT2D eigenvalue weighted by molar-refractivity contribution is 4.93. The fourth-order valence-electron chi connectivity index (χ4n) is 2.24. The summed E-state index contributed by atoms with van der Waals surface area (Å²) in [4.78, 5) is 2.68. The molecule has 2 nitrogen and oxygen atoms in total. The van der Waals surface area contributed by atoms with E-state index in [0.29, 0.717) is 0 Å². The molecule has 0 aromatic heterocycles. The van der Waals surface area contributed by atoms with Crippen molar-refractivity contribution < 1.29 is 0 Å². The molecule has 12 heavy (non-hydrogen) atoms. The summed E-state index contributed by atoms with van der Waals surface area (Å²) in [7, 11) is 0. The summed E-state index contributed by atoms with van der Waals surface area (Å²) in [5, 5.41) is 3.48. The lowest BCUT2D eigenvalue weighted by Gasteiger charge is -2.21. The van der Waals surface area contributed by atoms with Crippen molar-refractivity contribution in [1.82, 2.24) is 10.2 Å². The van der Waals surface area contributed by atoms with Crippen LogP contribution in [0, 0.1) is 11.8 Å². The third-order valence-electron chi connectivity index (χ3n) is 3.15. The van der Waals surface area contributed by atoms with Crippen molar-refractivity contribution in [3.63, 3.8) is 0 Å². The minimum absolute atomic E-state index is 0.834. The first-order chi connectivity index (χ1) is 5.77. The van der Waals surface area contributed by atoms with Crippen molar-refractivity contribution in [1.29, 1.82) is 0 Å². The fourth-order valence-corrected chi connectivity index (χ4v) is 2.24. The van der Waals surface area contributed by atoms with Gasteiger partial charge < -0.3 is 5.32 Å². The summed E-state index contributed by atoms with van der Waals surface area (Å²) in [6.45, 7) is 9.68. The zero-order valence-corrected chi connectivity index (χ0v) is 8.21. The Morgan fingerprint density at radius 2 is 2.08 bits per heavy atom. The molecule has 2 heteroatoms. The van der Waals surface area contributed by atoms with Gasteiger partial charge in [0.2, 0.25) is 0 Å². The van der Waals surface area contributed by atoms with E-state index in [1.807, 2.05) is 0 Å². The molecule has 0 unspecified atom stereocenters. The second kappa shape index (κ2) is 3.35. The maximum atomic E-state index is 3.48. The molecule has 0 aromatic carbocycles. The summed E-state index contributed by atoms with van der Waals surface area (Å²) in [5.41, 5.74) is 0. The number of nitrogens with zero attached hydrogens (tertiary/aromatic N) is 1. The fraction of sp³-hybridized carbons (Fsp3) is 1.00. The van der Waals surface area contributed by atoms with Gasteiger partial charge in [0.25, 0.3) is 0 Å². The molecule has 1 N–H and O–H groups in total. The summed E-state index contributed by atoms with van der Waals surface area (Å²) in [6, 6.07) is 0.923. The first-order valence-electron chi connectivity index (χ1n) is 5.22. The van der Waals surface area contributed by atoms with Crippen LogP contribution in [0.15, 0.2) is 0 Å². The third kappa shape index (κ3) is 1.80. The van der Waals surface area contributed by atoms with Crippen LogP contribution in [-0.2, 0) is 0 Å². The molecule has 2 rings (SSSR count). The van der Waals surface area contributed by atoms with Crippen LogP contribution in [0.2, 0.25) is 0 Å². The van der Waals surface area contributed by atoms with Crippen LogP contribution in [0.5, 0.6) is 0 Å². The summed E-state index contributed by atoms with van der Waals surface area (Å²) < 4.78 is 0. The minimum atomic E-state index is 0.834. The Labute approximate surface area is 75.3 Å². The lowest BCUT2D eigenvalue weighted by molar-refractivity contribution is 0.246. The van der Waals surface area contributed by atoms with Crippen LogP contribution in [0.3, 0.4) is 0 Å². The summed E-state index contributed by atoms with van der Waals surface area (Å²) in [5.74, 6) is 1.80. The van der Waals surface area contributed by atoms with Gasteiger partial charge in [0.05, 0.1) is 0 Å². The molecule has 0 bridgehead atoms. The predicted molar refractivity (Wildman–Crippen MR) is 51.2 cm³/mol. The number of rotatable bonds is 1. The number of hydrogen-bond donors (Lipinski definition) is 1. The second-order valence-corrected chi connectivity index (χ2v) is 4.58. The van der Waals surface area contributed by atoms with E-state index in [1.165, 1.54) is 32.6 Å². The van der Waals surface area contributed by atoms with Crippen LogP contribution < -0.4 is 5.32 Å². The van der Waals surface area contributed by atoms with E-state index in [2.05, 4.69) is 24.1 Å². The molecule has 1 saturated heterocycles. The van der Waals surface area contributed by atoms with E-state index in [1.54, 1.807) is 0 Å². The zero-order chi connectivity index (χ0) is 8.55. The zero-order valence-electron chi connectivity index (χ0n) is 8.21. The van der Waals surface area contributed by atoms with E-state index >= 15 is 0 Å². The van der Waals surface area contributed by atoms with Crippen molar-refractivity contribution in [2.45, 2.75) is 26.3 Å². The van der Waals surface area contributed by atoms with Crippen molar-refractivity contribution in [3.8, 4) is 0 Å². The molecule has 1 aliphatic carbocycles. The third-order valence-corrected chi connectivity index (χ3v) is 3.15. The second-order valence-electron chi connectivity index (χ2n) is 4.58. The van der Waals surface area contributed by atoms with Gasteiger partial charge in [-0.1, -0.05) is 13.8 Å². The maximum absolute atomic E-state index is 3.48. The normalized spacial score (nSPS) is 44.0. The highest BCUT2D eigenvalue weighted by atomic mass is 15.2. The molecule has 0 aromatic rings. The molecule has 70 valence electrons. The van der Waals surface area contributed by atoms with Gasteiger partial charge in [0, 0.05) is 25.7 Å². The van der Waals surface area contributed by atoms with Gasteiger partial charge in [0.15, 0.2) is 0 Å². The summed E-state index contributed by atoms with van der Waals surface area (Å²) >= 11 is 0. The van der Waals surface area contributed by atoms with E-state index in [4.69, 9.17) is 0 Å². The molecule has 3 atom stereocenters. The molecule has 2 fully saturated rings. The first-order valence-corrected chi connectivity index (χ1v) is 5.22. The molecule has 1 heterocycles. The smallest absolute Gasteiger partial charge is 0.0125 e. The molecular formula is C10H20N2. The molecule has 1 aliphatic heterocycles. The van der Waals surface area contributed by atoms with Gasteiger partial charge in [-0.15, -0.1) is 0 Å². The average Bonchev–Trinajstić information content (AvgIpc) is 2.75. The van der Waals surface area contributed by atoms with Crippen molar-refractivity contribution in [2.75, 3.05) is 26.2 Å². The van der Waals surface area contributed by atoms with Crippen LogP contribution in [0.4, 0.5) is 0 Å². The van der Waals surface area contributed by atoms with E-state index in [0.717, 1.165) is 17.9 Å². The van der Waals surface area contributed by atoms with Gasteiger partial charge in [-0.25, -0.2) is 0 Å². The SMILES string of the molecule is C[C@@H]1CNCCN([C@@H]2C[C@H]2C)C1. The van der Waals surface area contributed by atoms with Crippen LogP contribution in [-0.4, -0.2) is 37.1 Å². The first kappa shape index (κ1) is 8.52. The van der Waals surface area contributed by atoms with Gasteiger partial charge in [0.1, 0.15) is 0 Å². The number of hydrogen-bond acceptors (Lipinski definition) is 2. The highest BCUT2D eigenvalue weighted by Crippen LogP contribution is 2.35. The van der Waals surface area contributed by atoms with E-state index in [9.17, 15) is 0 Å². The van der Waals surface area contributed by atoms with E-state index in [-0.39, 0.29) is 0 Å². The van der Waals surface area contributed by atoms with Crippen molar-refractivity contribution >= 4 is 0 Å². The lowest BCUT2D eigenvalue weighted by atomic mass is 10.2. The molecule has 1 saturated carbocycles. The molecule has 0 radical (unpaired) electrons. The quantitative estimate of drug-likeness (QED) is 0.627. The Morgan fingerprint density at radius 3 is 2.75 bits per heavy atom. The van der Waals surface area contributed by atoms with Crippen LogP contribution in [0.25, 0.3) is 0 Å². The van der Waals surface area contributed by atoms with Crippen molar-refractivity contribution in [2.24, 2.45) is 11.8 Å². The topological polar surface area (TPSA) is 15.3 Å². The molecular weight excluding hydrogens is 148 g/mol. The molecule has 0 amide bonds. The Bertz CT molecular complexity index is 158. The Kier molecular flexibility index (Phi) is 2.37. The van der Waals surface area contributed by atoms with Gasteiger partial charge in [-0.05, 0) is 24.8 Å². The predicted octanol–water partition coefficient (Wildman–Crippen LogP) is 0.936. The highest BCUT2D eigenvalue weighted by Gasteiger charge is 2.38. The Hall–Kier alpha value is -0.0800. The summed E-state index contributed by atoms with van der Waals surface area (Å²) in [6.07, 6.45) is 1.44. The van der Waals surface area contributed by atoms with Crippen LogP contribution in [0.1, 0.15) is 20.3 Å². The number of nitrogens with one attached hydrogen (secondary N) is 1. The monoisotopic (exact) mass is 168 g/mol. The lowest BCUT2D eigenvalue weighted by Crippen LogP contribution is -2.32. The standard InChI is InChI=1S/C10H20N2/c1-8-6-11-3-4-12(7-8)10-5-9(10)2/h8-11H,3-7H2,1-2H3/t8-,9-,10-/m1/s1. The molecule has 2 aliphatic rings. The van der Waals surface area contributed by atoms with Crippen LogP contribution >= 0.6 is 0 Å². The minimum Gasteiger partial charge on any atom is -0.315 e. The largest absolute Gasteiger partial charge is 0.315 e. The van der Waals surface area contributed by atoms with Gasteiger partial charge >= 0.3 is 0 Å². The Balaban J connectivity index is 1.87. The van der Waals surface area contributed by atoms with Gasteiger partial charge in [-0.2, -0.15) is 0 Å². The van der Waals surface area contributed by atoms with Gasteiger partial charge in [-0.3, -0.25) is 4.90 Å². The maximum Gasteiger partial charge on any atom is 0.0125 e.